The summed E-state index contributed by atoms with van der Waals surface area (Å²) in [7, 11) is -4.46. The van der Waals surface area contributed by atoms with Crippen molar-refractivity contribution in [2.24, 2.45) is 0 Å². The lowest BCUT2D eigenvalue weighted by molar-refractivity contribution is -0.0977. The van der Waals surface area contributed by atoms with Crippen molar-refractivity contribution in [1.82, 2.24) is 4.98 Å². The second-order valence-electron chi connectivity index (χ2n) is 6.23. The minimum atomic E-state index is -5.06. The molecule has 1 aromatic carbocycles. The first-order valence-electron chi connectivity index (χ1n) is 7.69. The number of nitrogens with zero attached hydrogens (tertiary/aromatic N) is 2. The zero-order chi connectivity index (χ0) is 20.9. The summed E-state index contributed by atoms with van der Waals surface area (Å²) in [5, 5.41) is 21.6. The van der Waals surface area contributed by atoms with Gasteiger partial charge in [-0.3, -0.25) is 9.76 Å². The lowest BCUT2D eigenvalue weighted by Gasteiger charge is -2.23. The van der Waals surface area contributed by atoms with Crippen molar-refractivity contribution in [2.75, 3.05) is 5.32 Å². The van der Waals surface area contributed by atoms with E-state index in [4.69, 9.17) is 10.0 Å². The van der Waals surface area contributed by atoms with Crippen LogP contribution in [0.1, 0.15) is 22.8 Å². The fourth-order valence-electron chi connectivity index (χ4n) is 2.95. The van der Waals surface area contributed by atoms with Gasteiger partial charge in [-0.15, -0.1) is 0 Å². The topological polar surface area (TPSA) is 92.8 Å². The fourth-order valence-corrected chi connectivity index (χ4v) is 4.11. The van der Waals surface area contributed by atoms with E-state index in [2.05, 4.69) is 16.2 Å². The second-order valence-corrected chi connectivity index (χ2v) is 8.61. The Bertz CT molecular complexity index is 1090. The van der Waals surface area contributed by atoms with Crippen LogP contribution in [0, 0.1) is 16.1 Å². The van der Waals surface area contributed by atoms with Crippen LogP contribution in [0.15, 0.2) is 35.5 Å². The number of hydrogen-bond acceptors (Lipinski definition) is 5. The Morgan fingerprint density at radius 1 is 1.36 bits per heavy atom. The summed E-state index contributed by atoms with van der Waals surface area (Å²) in [6, 6.07) is 5.26. The molecule has 1 aliphatic carbocycles. The summed E-state index contributed by atoms with van der Waals surface area (Å²) in [5.74, 6) is -0.782. The highest BCUT2D eigenvalue weighted by Gasteiger charge is 2.51. The molecule has 0 aliphatic heterocycles. The number of nitrogens with one attached hydrogen (secondary N) is 2. The maximum atomic E-state index is 14.1. The van der Waals surface area contributed by atoms with Crippen molar-refractivity contribution >= 4 is 26.7 Å². The van der Waals surface area contributed by atoms with Crippen molar-refractivity contribution in [2.45, 2.75) is 28.9 Å². The summed E-state index contributed by atoms with van der Waals surface area (Å²) in [5.41, 5.74) is -5.43. The summed E-state index contributed by atoms with van der Waals surface area (Å²) in [6.07, 6.45) is -0.898. The van der Waals surface area contributed by atoms with Gasteiger partial charge in [0.1, 0.15) is 12.2 Å². The molecule has 3 rings (SSSR count). The third kappa shape index (κ3) is 3.18. The highest BCUT2D eigenvalue weighted by molar-refractivity contribution is 8.02. The van der Waals surface area contributed by atoms with Gasteiger partial charge in [-0.05, 0) is 33.2 Å². The first kappa shape index (κ1) is 20.0. The van der Waals surface area contributed by atoms with Crippen molar-refractivity contribution in [3.63, 3.8) is 0 Å². The fraction of sp³-hybridized carbons (Fsp3) is 0.235. The molecule has 1 aromatic heterocycles. The van der Waals surface area contributed by atoms with Crippen LogP contribution in [0.4, 0.5) is 33.3 Å². The number of aromatic nitrogens is 1. The number of fused-ring (bicyclic) bond motifs is 1. The number of nitriles is 1. The zero-order valence-electron chi connectivity index (χ0n) is 14.0. The number of aliphatic hydroxyl groups excluding tert-OH is 1. The number of hydrogen-bond donors (Lipinski definition) is 3. The number of halogens is 5. The van der Waals surface area contributed by atoms with Gasteiger partial charge in [0.2, 0.25) is 0 Å². The molecule has 0 saturated heterocycles. The molecule has 0 spiro atoms. The highest BCUT2D eigenvalue weighted by atomic mass is 32.2. The average molecular weight is 416 g/mol. The van der Waals surface area contributed by atoms with Crippen LogP contribution < -0.4 is 5.32 Å². The number of anilines is 2. The summed E-state index contributed by atoms with van der Waals surface area (Å²) >= 11 is 0. The first-order chi connectivity index (χ1) is 12.9. The summed E-state index contributed by atoms with van der Waals surface area (Å²) < 4.78 is 75.9. The molecule has 0 saturated carbocycles. The lowest BCUT2D eigenvalue weighted by atomic mass is 10.1. The van der Waals surface area contributed by atoms with Gasteiger partial charge in [0, 0.05) is 28.8 Å². The van der Waals surface area contributed by atoms with Gasteiger partial charge in [-0.2, -0.15) is 18.4 Å². The van der Waals surface area contributed by atoms with E-state index in [1.807, 2.05) is 6.07 Å². The highest BCUT2D eigenvalue weighted by Crippen LogP contribution is 2.50. The molecular weight excluding hydrogens is 403 g/mol. The second kappa shape index (κ2) is 6.42. The SMILES string of the molecule is C=S(=N)(c1ccc(Nc2cncc(C#N)c2)c2c1[C@H](O)C(F)(F)C2)C(F)(F)F. The molecule has 1 heterocycles. The number of benzene rings is 1. The van der Waals surface area contributed by atoms with E-state index < -0.39 is 43.8 Å². The molecule has 5 nitrogen and oxygen atoms in total. The third-order valence-electron chi connectivity index (χ3n) is 4.32. The summed E-state index contributed by atoms with van der Waals surface area (Å²) in [4.78, 5) is 3.06. The van der Waals surface area contributed by atoms with Crippen molar-refractivity contribution in [3.8, 4) is 6.07 Å². The Labute approximate surface area is 156 Å². The zero-order valence-corrected chi connectivity index (χ0v) is 14.8. The minimum Gasteiger partial charge on any atom is -0.382 e. The quantitative estimate of drug-likeness (QED) is 0.518. The lowest BCUT2D eigenvalue weighted by Crippen LogP contribution is -2.25. The molecule has 3 N–H and O–H groups in total. The smallest absolute Gasteiger partial charge is 0.382 e. The van der Waals surface area contributed by atoms with Gasteiger partial charge in [0.15, 0.2) is 0 Å². The third-order valence-corrected chi connectivity index (χ3v) is 6.22. The number of alkyl halides is 5. The Balaban J connectivity index is 2.18. The molecule has 1 unspecified atom stereocenters. The molecule has 148 valence electrons. The van der Waals surface area contributed by atoms with Gasteiger partial charge >= 0.3 is 5.51 Å². The van der Waals surface area contributed by atoms with Crippen LogP contribution in [-0.4, -0.2) is 27.4 Å². The van der Waals surface area contributed by atoms with Crippen LogP contribution in [0.3, 0.4) is 0 Å². The van der Waals surface area contributed by atoms with Crippen molar-refractivity contribution in [1.29, 1.82) is 10.0 Å². The minimum absolute atomic E-state index is 0.0317. The number of rotatable bonds is 3. The van der Waals surface area contributed by atoms with Crippen LogP contribution >= 0.6 is 0 Å². The van der Waals surface area contributed by atoms with E-state index in [9.17, 15) is 27.1 Å². The molecule has 0 bridgehead atoms. The van der Waals surface area contributed by atoms with E-state index in [0.29, 0.717) is 0 Å². The standard InChI is InChI=1S/C17H13F5N4OS/c1-28(24,17(20,21)22)13-3-2-12(11-5-16(18,19)15(27)14(11)13)26-10-4-9(6-23)7-25-8-10/h2-4,7-8,15,24,26-27H,1,5H2/t15-,28?/m0/s1. The van der Waals surface area contributed by atoms with Crippen LogP contribution in [0.5, 0.6) is 0 Å². The Morgan fingerprint density at radius 3 is 2.64 bits per heavy atom. The first-order valence-corrected chi connectivity index (χ1v) is 9.50. The molecule has 1 aliphatic rings. The number of pyridine rings is 1. The van der Waals surface area contributed by atoms with E-state index in [-0.39, 0.29) is 22.5 Å². The van der Waals surface area contributed by atoms with Gasteiger partial charge in [0.25, 0.3) is 5.92 Å². The molecule has 2 atom stereocenters. The van der Waals surface area contributed by atoms with E-state index >= 15 is 0 Å². The predicted octanol–water partition coefficient (Wildman–Crippen LogP) is 4.15. The van der Waals surface area contributed by atoms with Gasteiger partial charge in [-0.1, -0.05) is 5.87 Å². The maximum Gasteiger partial charge on any atom is 0.449 e. The largest absolute Gasteiger partial charge is 0.449 e. The Kier molecular flexibility index (Phi) is 4.60. The average Bonchev–Trinajstić information content (AvgIpc) is 2.85. The summed E-state index contributed by atoms with van der Waals surface area (Å²) in [6.45, 7) is 0. The Hall–Kier alpha value is -2.71. The number of aliphatic hydroxyl groups is 1. The van der Waals surface area contributed by atoms with Gasteiger partial charge < -0.3 is 10.4 Å². The van der Waals surface area contributed by atoms with Crippen LogP contribution in [0.2, 0.25) is 0 Å². The predicted molar refractivity (Wildman–Crippen MR) is 93.8 cm³/mol. The molecule has 0 amide bonds. The van der Waals surface area contributed by atoms with Crippen LogP contribution in [-0.2, 0) is 15.8 Å². The molecule has 28 heavy (non-hydrogen) atoms. The van der Waals surface area contributed by atoms with E-state index in [1.165, 1.54) is 18.5 Å². The monoisotopic (exact) mass is 416 g/mol. The maximum absolute atomic E-state index is 14.1. The van der Waals surface area contributed by atoms with Crippen molar-refractivity contribution < 1.29 is 27.1 Å². The van der Waals surface area contributed by atoms with E-state index in [1.54, 1.807) is 0 Å². The van der Waals surface area contributed by atoms with E-state index in [0.717, 1.165) is 12.1 Å². The molecule has 0 radical (unpaired) electrons. The molecule has 0 fully saturated rings. The molecule has 2 aromatic rings. The molecular formula is C17H13F5N4OS. The van der Waals surface area contributed by atoms with Gasteiger partial charge in [0.05, 0.1) is 17.4 Å². The normalized spacial score (nSPS) is 20.1. The van der Waals surface area contributed by atoms with Gasteiger partial charge in [-0.25, -0.2) is 8.78 Å². The van der Waals surface area contributed by atoms with Crippen LogP contribution in [0.25, 0.3) is 0 Å². The van der Waals surface area contributed by atoms with Crippen molar-refractivity contribution in [3.05, 3.63) is 47.3 Å². The Morgan fingerprint density at radius 2 is 2.04 bits per heavy atom. The molecule has 11 heteroatoms.